The van der Waals surface area contributed by atoms with Gasteiger partial charge >= 0.3 is 0 Å². The van der Waals surface area contributed by atoms with Crippen molar-refractivity contribution in [2.45, 2.75) is 25.2 Å². The number of hydrogen-bond acceptors (Lipinski definition) is 5. The highest BCUT2D eigenvalue weighted by Crippen LogP contribution is 2.28. The minimum Gasteiger partial charge on any atom is -0.385 e. The second-order valence-electron chi connectivity index (χ2n) is 8.24. The summed E-state index contributed by atoms with van der Waals surface area (Å²) in [7, 11) is -2.45. The van der Waals surface area contributed by atoms with Crippen molar-refractivity contribution in [1.82, 2.24) is 5.32 Å². The van der Waals surface area contributed by atoms with Crippen LogP contribution >= 0.6 is 0 Å². The first kappa shape index (κ1) is 26.9. The van der Waals surface area contributed by atoms with Gasteiger partial charge in [-0.1, -0.05) is 42.5 Å². The molecule has 2 N–H and O–H groups in total. The number of anilines is 2. The van der Waals surface area contributed by atoms with Gasteiger partial charge in [0.25, 0.3) is 15.9 Å². The van der Waals surface area contributed by atoms with Gasteiger partial charge in [0.05, 0.1) is 21.8 Å². The maximum atomic E-state index is 13.6. The fraction of sp³-hybridized carbons (Fsp3) is 0.259. The Morgan fingerprint density at radius 2 is 1.61 bits per heavy atom. The van der Waals surface area contributed by atoms with Gasteiger partial charge in [0.15, 0.2) is 0 Å². The van der Waals surface area contributed by atoms with E-state index in [0.29, 0.717) is 30.9 Å². The molecule has 0 heterocycles. The van der Waals surface area contributed by atoms with Crippen LogP contribution in [0.3, 0.4) is 0 Å². The van der Waals surface area contributed by atoms with E-state index in [1.807, 2.05) is 19.9 Å². The quantitative estimate of drug-likeness (QED) is 0.382. The van der Waals surface area contributed by atoms with E-state index < -0.39 is 22.5 Å². The fourth-order valence-electron chi connectivity index (χ4n) is 3.65. The smallest absolute Gasteiger partial charge is 0.264 e. The molecule has 0 spiro atoms. The third-order valence-electron chi connectivity index (χ3n) is 5.72. The van der Waals surface area contributed by atoms with Gasteiger partial charge in [-0.2, -0.15) is 0 Å². The summed E-state index contributed by atoms with van der Waals surface area (Å²) < 4.78 is 33.3. The van der Waals surface area contributed by atoms with Gasteiger partial charge in [0, 0.05) is 20.3 Å². The van der Waals surface area contributed by atoms with Gasteiger partial charge < -0.3 is 15.4 Å². The van der Waals surface area contributed by atoms with Gasteiger partial charge in [-0.05, 0) is 61.7 Å². The first-order valence-electron chi connectivity index (χ1n) is 11.6. The molecule has 9 heteroatoms. The highest BCUT2D eigenvalue weighted by Gasteiger charge is 2.29. The Labute approximate surface area is 212 Å². The van der Waals surface area contributed by atoms with Crippen LogP contribution in [-0.2, 0) is 19.6 Å². The molecule has 0 radical (unpaired) electrons. The molecule has 8 nitrogen and oxygen atoms in total. The number of rotatable bonds is 11. The summed E-state index contributed by atoms with van der Waals surface area (Å²) in [5.74, 6) is -0.916. The summed E-state index contributed by atoms with van der Waals surface area (Å²) in [5, 5.41) is 5.52. The van der Waals surface area contributed by atoms with Gasteiger partial charge in [0.1, 0.15) is 6.54 Å². The highest BCUT2D eigenvalue weighted by atomic mass is 32.2. The Hall–Kier alpha value is -3.69. The molecule has 0 aromatic heterocycles. The SMILES string of the molecule is COCCCNC(=O)c1ccccc1NC(=O)CN(c1cccc(C)c1C)S(=O)(=O)c1ccccc1. The Morgan fingerprint density at radius 3 is 2.33 bits per heavy atom. The van der Waals surface area contributed by atoms with Crippen LogP contribution in [-0.4, -0.2) is 47.0 Å². The van der Waals surface area contributed by atoms with E-state index >= 15 is 0 Å². The first-order valence-corrected chi connectivity index (χ1v) is 13.0. The minimum atomic E-state index is -4.04. The number of nitrogens with zero attached hydrogens (tertiary/aromatic N) is 1. The number of benzene rings is 3. The number of carbonyl (C=O) groups is 2. The lowest BCUT2D eigenvalue weighted by Crippen LogP contribution is -2.39. The summed E-state index contributed by atoms with van der Waals surface area (Å²) in [4.78, 5) is 25.9. The van der Waals surface area contributed by atoms with Crippen LogP contribution in [0.15, 0.2) is 77.7 Å². The average Bonchev–Trinajstić information content (AvgIpc) is 2.87. The molecule has 190 valence electrons. The number of nitrogens with one attached hydrogen (secondary N) is 2. The Morgan fingerprint density at radius 1 is 0.917 bits per heavy atom. The van der Waals surface area contributed by atoms with Crippen LogP contribution in [0, 0.1) is 13.8 Å². The highest BCUT2D eigenvalue weighted by molar-refractivity contribution is 7.92. The fourth-order valence-corrected chi connectivity index (χ4v) is 5.15. The van der Waals surface area contributed by atoms with Crippen molar-refractivity contribution in [1.29, 1.82) is 0 Å². The number of sulfonamides is 1. The van der Waals surface area contributed by atoms with Crippen LogP contribution in [0.5, 0.6) is 0 Å². The van der Waals surface area contributed by atoms with E-state index in [-0.39, 0.29) is 16.4 Å². The molecule has 0 unspecified atom stereocenters. The molecule has 0 aliphatic rings. The molecule has 0 aliphatic heterocycles. The topological polar surface area (TPSA) is 105 Å². The minimum absolute atomic E-state index is 0.0783. The lowest BCUT2D eigenvalue weighted by Gasteiger charge is -2.26. The van der Waals surface area contributed by atoms with E-state index in [1.54, 1.807) is 61.7 Å². The average molecular weight is 510 g/mol. The first-order chi connectivity index (χ1) is 17.3. The maximum Gasteiger partial charge on any atom is 0.264 e. The normalized spacial score (nSPS) is 11.1. The molecule has 0 fully saturated rings. The van der Waals surface area contributed by atoms with Crippen molar-refractivity contribution in [3.63, 3.8) is 0 Å². The Balaban J connectivity index is 1.88. The Bertz CT molecular complexity index is 1310. The summed E-state index contributed by atoms with van der Waals surface area (Å²) in [6, 6.07) is 19.9. The maximum absolute atomic E-state index is 13.6. The molecular weight excluding hydrogens is 478 g/mol. The molecule has 0 saturated carbocycles. The molecule has 3 rings (SSSR count). The molecule has 0 bridgehead atoms. The van der Waals surface area contributed by atoms with E-state index in [0.717, 1.165) is 15.4 Å². The van der Waals surface area contributed by atoms with E-state index in [9.17, 15) is 18.0 Å². The van der Waals surface area contributed by atoms with Gasteiger partial charge in [-0.15, -0.1) is 0 Å². The largest absolute Gasteiger partial charge is 0.385 e. The molecular formula is C27H31N3O5S. The number of aryl methyl sites for hydroxylation is 1. The van der Waals surface area contributed by atoms with Crippen molar-refractivity contribution in [3.05, 3.63) is 89.5 Å². The zero-order valence-electron chi connectivity index (χ0n) is 20.7. The summed E-state index contributed by atoms with van der Waals surface area (Å²) in [5.41, 5.74) is 2.65. The van der Waals surface area contributed by atoms with Crippen LogP contribution in [0.4, 0.5) is 11.4 Å². The number of carbonyl (C=O) groups excluding carboxylic acids is 2. The van der Waals surface area contributed by atoms with Gasteiger partial charge in [-0.3, -0.25) is 13.9 Å². The predicted molar refractivity (Wildman–Crippen MR) is 141 cm³/mol. The molecule has 2 amide bonds. The summed E-state index contributed by atoms with van der Waals surface area (Å²) >= 11 is 0. The zero-order chi connectivity index (χ0) is 26.1. The van der Waals surface area contributed by atoms with Gasteiger partial charge in [-0.25, -0.2) is 8.42 Å². The summed E-state index contributed by atoms with van der Waals surface area (Å²) in [6.45, 7) is 4.17. The van der Waals surface area contributed by atoms with Crippen molar-refractivity contribution in [3.8, 4) is 0 Å². The third-order valence-corrected chi connectivity index (χ3v) is 7.49. The van der Waals surface area contributed by atoms with Crippen LogP contribution in [0.25, 0.3) is 0 Å². The number of methoxy groups -OCH3 is 1. The van der Waals surface area contributed by atoms with Crippen LogP contribution < -0.4 is 14.9 Å². The monoisotopic (exact) mass is 509 g/mol. The predicted octanol–water partition coefficient (Wildman–Crippen LogP) is 3.90. The van der Waals surface area contributed by atoms with E-state index in [4.69, 9.17) is 4.74 Å². The van der Waals surface area contributed by atoms with Gasteiger partial charge in [0.2, 0.25) is 5.91 Å². The van der Waals surface area contributed by atoms with Crippen molar-refractivity contribution in [2.24, 2.45) is 0 Å². The van der Waals surface area contributed by atoms with Crippen molar-refractivity contribution < 1.29 is 22.7 Å². The second-order valence-corrected chi connectivity index (χ2v) is 10.1. The molecule has 3 aromatic carbocycles. The number of ether oxygens (including phenoxy) is 1. The number of amides is 2. The summed E-state index contributed by atoms with van der Waals surface area (Å²) in [6.07, 6.45) is 0.652. The molecule has 36 heavy (non-hydrogen) atoms. The second kappa shape index (κ2) is 12.3. The lowest BCUT2D eigenvalue weighted by molar-refractivity contribution is -0.114. The van der Waals surface area contributed by atoms with E-state index in [2.05, 4.69) is 10.6 Å². The van der Waals surface area contributed by atoms with E-state index in [1.165, 1.54) is 12.1 Å². The number of para-hydroxylation sites is 1. The lowest BCUT2D eigenvalue weighted by atomic mass is 10.1. The van der Waals surface area contributed by atoms with Crippen molar-refractivity contribution >= 4 is 33.2 Å². The van der Waals surface area contributed by atoms with Crippen LogP contribution in [0.1, 0.15) is 27.9 Å². The van der Waals surface area contributed by atoms with Crippen LogP contribution in [0.2, 0.25) is 0 Å². The third kappa shape index (κ3) is 6.50. The molecule has 0 atom stereocenters. The standard InChI is InChI=1S/C27H31N3O5S/c1-20-11-9-16-25(21(20)2)30(36(33,34)22-12-5-4-6-13-22)19-26(31)29-24-15-8-7-14-23(24)27(32)28-17-10-18-35-3/h4-9,11-16H,10,17-19H2,1-3H3,(H,28,32)(H,29,31). The van der Waals surface area contributed by atoms with Crippen molar-refractivity contribution in [2.75, 3.05) is 36.4 Å². The Kier molecular flexibility index (Phi) is 9.21. The number of hydrogen-bond donors (Lipinski definition) is 2. The molecule has 0 aliphatic carbocycles. The molecule has 0 saturated heterocycles. The zero-order valence-corrected chi connectivity index (χ0v) is 21.5. The molecule has 3 aromatic rings.